The second kappa shape index (κ2) is 4.70. The third-order valence-electron chi connectivity index (χ3n) is 3.78. The standard InChI is InChI=1S/C14H19N3O3/c1-14(2)13(20)16(3)6-7-17(14)9-4-5-11(15)10(8-9)12(18)19/h4-5,8H,6-7,15H2,1-3H3,(H,18,19). The van der Waals surface area contributed by atoms with Crippen molar-refractivity contribution in [3.05, 3.63) is 23.8 Å². The van der Waals surface area contributed by atoms with Gasteiger partial charge in [-0.1, -0.05) is 0 Å². The van der Waals surface area contributed by atoms with Gasteiger partial charge in [-0.25, -0.2) is 4.79 Å². The van der Waals surface area contributed by atoms with Gasteiger partial charge in [0.25, 0.3) is 0 Å². The van der Waals surface area contributed by atoms with Crippen molar-refractivity contribution in [3.63, 3.8) is 0 Å². The average Bonchev–Trinajstić information content (AvgIpc) is 2.37. The number of amides is 1. The Kier molecular flexibility index (Phi) is 3.33. The zero-order valence-corrected chi connectivity index (χ0v) is 11.9. The van der Waals surface area contributed by atoms with Gasteiger partial charge in [0.15, 0.2) is 0 Å². The third-order valence-corrected chi connectivity index (χ3v) is 3.78. The van der Waals surface area contributed by atoms with Crippen molar-refractivity contribution in [2.45, 2.75) is 19.4 Å². The molecule has 0 spiro atoms. The fourth-order valence-electron chi connectivity index (χ4n) is 2.56. The van der Waals surface area contributed by atoms with E-state index >= 15 is 0 Å². The molecule has 0 aromatic heterocycles. The minimum Gasteiger partial charge on any atom is -0.478 e. The van der Waals surface area contributed by atoms with Crippen LogP contribution in [0.1, 0.15) is 24.2 Å². The second-order valence-electron chi connectivity index (χ2n) is 5.51. The Morgan fingerprint density at radius 2 is 2.00 bits per heavy atom. The number of nitrogen functional groups attached to an aromatic ring is 1. The van der Waals surface area contributed by atoms with Gasteiger partial charge in [-0.2, -0.15) is 0 Å². The first kappa shape index (κ1) is 14.2. The van der Waals surface area contributed by atoms with Gasteiger partial charge in [-0.05, 0) is 32.0 Å². The summed E-state index contributed by atoms with van der Waals surface area (Å²) < 4.78 is 0. The lowest BCUT2D eigenvalue weighted by Crippen LogP contribution is -2.62. The van der Waals surface area contributed by atoms with Crippen molar-refractivity contribution in [1.82, 2.24) is 4.90 Å². The van der Waals surface area contributed by atoms with E-state index in [9.17, 15) is 9.59 Å². The van der Waals surface area contributed by atoms with E-state index in [1.165, 1.54) is 6.07 Å². The topological polar surface area (TPSA) is 86.9 Å². The average molecular weight is 277 g/mol. The summed E-state index contributed by atoms with van der Waals surface area (Å²) in [5, 5.41) is 9.14. The number of carbonyl (C=O) groups excluding carboxylic acids is 1. The lowest BCUT2D eigenvalue weighted by atomic mass is 9.96. The third kappa shape index (κ3) is 2.17. The number of piperazine rings is 1. The van der Waals surface area contributed by atoms with E-state index in [1.807, 2.05) is 18.7 Å². The lowest BCUT2D eigenvalue weighted by Gasteiger charge is -2.46. The molecule has 1 saturated heterocycles. The maximum absolute atomic E-state index is 12.3. The maximum atomic E-state index is 12.3. The lowest BCUT2D eigenvalue weighted by molar-refractivity contribution is -0.136. The van der Waals surface area contributed by atoms with Crippen LogP contribution in [0, 0.1) is 0 Å². The van der Waals surface area contributed by atoms with Crippen LogP contribution in [-0.4, -0.2) is 47.6 Å². The van der Waals surface area contributed by atoms with Gasteiger partial charge in [0, 0.05) is 31.5 Å². The van der Waals surface area contributed by atoms with Crippen LogP contribution in [0.2, 0.25) is 0 Å². The van der Waals surface area contributed by atoms with Crippen LogP contribution in [0.15, 0.2) is 18.2 Å². The smallest absolute Gasteiger partial charge is 0.337 e. The molecule has 20 heavy (non-hydrogen) atoms. The van der Waals surface area contributed by atoms with Crippen LogP contribution in [-0.2, 0) is 4.79 Å². The molecular formula is C14H19N3O3. The van der Waals surface area contributed by atoms with Crippen LogP contribution in [0.3, 0.4) is 0 Å². The van der Waals surface area contributed by atoms with Crippen molar-refractivity contribution >= 4 is 23.3 Å². The monoisotopic (exact) mass is 277 g/mol. The number of carbonyl (C=O) groups is 2. The predicted molar refractivity (Wildman–Crippen MR) is 76.9 cm³/mol. The van der Waals surface area contributed by atoms with Crippen LogP contribution in [0.5, 0.6) is 0 Å². The normalized spacial score (nSPS) is 18.2. The summed E-state index contributed by atoms with van der Waals surface area (Å²) >= 11 is 0. The Morgan fingerprint density at radius 1 is 1.35 bits per heavy atom. The highest BCUT2D eigenvalue weighted by Gasteiger charge is 2.40. The number of hydrogen-bond acceptors (Lipinski definition) is 4. The first-order chi connectivity index (χ1) is 9.25. The summed E-state index contributed by atoms with van der Waals surface area (Å²) in [7, 11) is 1.77. The number of carboxylic acid groups (broad SMARTS) is 1. The van der Waals surface area contributed by atoms with E-state index in [0.29, 0.717) is 18.8 Å². The molecule has 1 fully saturated rings. The Morgan fingerprint density at radius 3 is 2.60 bits per heavy atom. The molecular weight excluding hydrogens is 258 g/mol. The number of likely N-dealkylation sites (N-methyl/N-ethyl adjacent to an activating group) is 1. The van der Waals surface area contributed by atoms with Gasteiger partial charge in [0.2, 0.25) is 5.91 Å². The van der Waals surface area contributed by atoms with E-state index in [4.69, 9.17) is 10.8 Å². The molecule has 0 unspecified atom stereocenters. The van der Waals surface area contributed by atoms with Gasteiger partial charge in [-0.3, -0.25) is 4.79 Å². The molecule has 6 heteroatoms. The molecule has 1 amide bonds. The number of carboxylic acids is 1. The number of rotatable bonds is 2. The fraction of sp³-hybridized carbons (Fsp3) is 0.429. The summed E-state index contributed by atoms with van der Waals surface area (Å²) in [5.74, 6) is -1.06. The summed E-state index contributed by atoms with van der Waals surface area (Å²) in [4.78, 5) is 27.0. The van der Waals surface area contributed by atoms with Crippen molar-refractivity contribution < 1.29 is 14.7 Å². The highest BCUT2D eigenvalue weighted by Crippen LogP contribution is 2.30. The van der Waals surface area contributed by atoms with Crippen molar-refractivity contribution in [1.29, 1.82) is 0 Å². The number of hydrogen-bond donors (Lipinski definition) is 2. The van der Waals surface area contributed by atoms with Crippen LogP contribution in [0.25, 0.3) is 0 Å². The quantitative estimate of drug-likeness (QED) is 0.788. The molecule has 0 aliphatic carbocycles. The number of benzene rings is 1. The Bertz CT molecular complexity index is 569. The van der Waals surface area contributed by atoms with Gasteiger partial charge in [0.05, 0.1) is 5.56 Å². The fourth-order valence-corrected chi connectivity index (χ4v) is 2.56. The first-order valence-electron chi connectivity index (χ1n) is 6.41. The van der Waals surface area contributed by atoms with Crippen molar-refractivity contribution in [3.8, 4) is 0 Å². The van der Waals surface area contributed by atoms with Crippen LogP contribution < -0.4 is 10.6 Å². The number of nitrogens with two attached hydrogens (primary N) is 1. The Labute approximate surface area is 117 Å². The predicted octanol–water partition coefficient (Wildman–Crippen LogP) is 1.02. The van der Waals surface area contributed by atoms with Gasteiger partial charge in [-0.15, -0.1) is 0 Å². The van der Waals surface area contributed by atoms with E-state index < -0.39 is 11.5 Å². The summed E-state index contributed by atoms with van der Waals surface area (Å²) in [6.07, 6.45) is 0. The molecule has 1 heterocycles. The van der Waals surface area contributed by atoms with Gasteiger partial charge >= 0.3 is 5.97 Å². The highest BCUT2D eigenvalue weighted by atomic mass is 16.4. The SMILES string of the molecule is CN1CCN(c2ccc(N)c(C(=O)O)c2)C(C)(C)C1=O. The molecule has 0 bridgehead atoms. The van der Waals surface area contributed by atoms with E-state index in [0.717, 1.165) is 0 Å². The molecule has 2 rings (SSSR count). The minimum absolute atomic E-state index is 0.0115. The second-order valence-corrected chi connectivity index (χ2v) is 5.51. The number of aromatic carboxylic acids is 1. The van der Waals surface area contributed by atoms with Gasteiger partial charge < -0.3 is 20.6 Å². The zero-order chi connectivity index (χ0) is 15.1. The Balaban J connectivity index is 2.43. The van der Waals surface area contributed by atoms with Gasteiger partial charge in [0.1, 0.15) is 5.54 Å². The van der Waals surface area contributed by atoms with E-state index in [1.54, 1.807) is 24.1 Å². The van der Waals surface area contributed by atoms with E-state index in [2.05, 4.69) is 0 Å². The number of nitrogens with zero attached hydrogens (tertiary/aromatic N) is 2. The molecule has 0 radical (unpaired) electrons. The molecule has 108 valence electrons. The number of anilines is 2. The molecule has 1 aromatic rings. The molecule has 6 nitrogen and oxygen atoms in total. The highest BCUT2D eigenvalue weighted by molar-refractivity contribution is 5.96. The first-order valence-corrected chi connectivity index (χ1v) is 6.41. The maximum Gasteiger partial charge on any atom is 0.337 e. The largest absolute Gasteiger partial charge is 0.478 e. The molecule has 1 aliphatic heterocycles. The molecule has 0 saturated carbocycles. The minimum atomic E-state index is -1.07. The summed E-state index contributed by atoms with van der Waals surface area (Å²) in [5.41, 5.74) is 5.93. The van der Waals surface area contributed by atoms with Crippen LogP contribution in [0.4, 0.5) is 11.4 Å². The zero-order valence-electron chi connectivity index (χ0n) is 11.9. The molecule has 1 aromatic carbocycles. The summed E-state index contributed by atoms with van der Waals surface area (Å²) in [6.45, 7) is 4.93. The Hall–Kier alpha value is -2.24. The van der Waals surface area contributed by atoms with Crippen molar-refractivity contribution in [2.24, 2.45) is 0 Å². The molecule has 0 atom stereocenters. The van der Waals surface area contributed by atoms with Crippen LogP contribution >= 0.6 is 0 Å². The summed E-state index contributed by atoms with van der Waals surface area (Å²) in [6, 6.07) is 4.85. The molecule has 1 aliphatic rings. The van der Waals surface area contributed by atoms with Crippen molar-refractivity contribution in [2.75, 3.05) is 30.8 Å². The van der Waals surface area contributed by atoms with E-state index in [-0.39, 0.29) is 17.2 Å². The molecule has 3 N–H and O–H groups in total.